The number of ketones is 1. The number of fused-ring (bicyclic) bond motifs is 5. The molecule has 2 saturated heterocycles. The fourth-order valence-electron chi connectivity index (χ4n) is 10.5. The number of carbonyl (C=O) groups is 5. The summed E-state index contributed by atoms with van der Waals surface area (Å²) in [4.78, 5) is 72.0. The van der Waals surface area contributed by atoms with Gasteiger partial charge in [-0.1, -0.05) is 129 Å². The number of alkyl carbamates (subject to hydrolysis) is 1. The molecule has 0 radical (unpaired) electrons. The molecule has 17 heteroatoms. The molecular formula is C56H86ClN3O11S2. The monoisotopic (exact) mass is 1080 g/mol. The molecule has 4 aliphatic rings. The van der Waals surface area contributed by atoms with Gasteiger partial charge in [0.05, 0.1) is 25.3 Å². The summed E-state index contributed by atoms with van der Waals surface area (Å²) in [5, 5.41) is 14.7. The Morgan fingerprint density at radius 2 is 1.68 bits per heavy atom. The van der Waals surface area contributed by atoms with Crippen molar-refractivity contribution in [2.75, 3.05) is 39.0 Å². The zero-order chi connectivity index (χ0) is 53.8. The van der Waals surface area contributed by atoms with Gasteiger partial charge < -0.3 is 38.6 Å². The third-order valence-corrected chi connectivity index (χ3v) is 20.0. The summed E-state index contributed by atoms with van der Waals surface area (Å²) in [5.74, 6) is -0.288. The van der Waals surface area contributed by atoms with E-state index in [0.717, 1.165) is 49.0 Å². The van der Waals surface area contributed by atoms with Gasteiger partial charge in [-0.3, -0.25) is 19.7 Å². The second-order valence-electron chi connectivity index (χ2n) is 22.1. The highest BCUT2D eigenvalue weighted by Crippen LogP contribution is 2.50. The number of likely N-dealkylation sites (N-methyl/N-ethyl adjacent to an activating group) is 1. The minimum absolute atomic E-state index is 0.0599. The number of anilines is 1. The molecule has 3 aliphatic heterocycles. The second-order valence-corrected chi connectivity index (χ2v) is 25.5. The maximum absolute atomic E-state index is 14.5. The number of allylic oxidation sites excluding steroid dienone is 3. The van der Waals surface area contributed by atoms with Crippen molar-refractivity contribution >= 4 is 68.5 Å². The smallest absolute Gasteiger partial charge is 0.409 e. The number of methoxy groups -OCH3 is 2. The van der Waals surface area contributed by atoms with Gasteiger partial charge in [0.2, 0.25) is 11.8 Å². The van der Waals surface area contributed by atoms with Crippen LogP contribution in [-0.4, -0.2) is 120 Å². The van der Waals surface area contributed by atoms with Crippen LogP contribution in [0.1, 0.15) is 157 Å². The van der Waals surface area contributed by atoms with Crippen LogP contribution in [0.4, 0.5) is 10.5 Å². The Hall–Kier alpha value is -3.28. The zero-order valence-corrected chi connectivity index (χ0v) is 48.1. The quantitative estimate of drug-likeness (QED) is 0.0693. The molecule has 2 N–H and O–H groups in total. The highest BCUT2D eigenvalue weighted by molar-refractivity contribution is 8.77. The number of epoxide rings is 1. The molecule has 4 bridgehead atoms. The largest absolute Gasteiger partial charge is 0.495 e. The summed E-state index contributed by atoms with van der Waals surface area (Å²) in [6.07, 6.45) is 15.0. The number of hydrogen-bond acceptors (Lipinski definition) is 13. The number of halogens is 1. The number of Topliss-reactive ketones (excluding diaryl/α,β-unsaturated/α-hetero) is 1. The number of amides is 3. The van der Waals surface area contributed by atoms with Crippen LogP contribution in [0.5, 0.6) is 5.75 Å². The normalized spacial score (nSPS) is 29.4. The predicted molar refractivity (Wildman–Crippen MR) is 292 cm³/mol. The lowest BCUT2D eigenvalue weighted by molar-refractivity contribution is -0.162. The minimum atomic E-state index is -1.85. The fourth-order valence-corrected chi connectivity index (χ4v) is 13.8. The number of carbonyl (C=O) groups excluding carboxylic acids is 5. The molecule has 3 fully saturated rings. The van der Waals surface area contributed by atoms with E-state index in [0.29, 0.717) is 36.5 Å². The van der Waals surface area contributed by atoms with Crippen LogP contribution in [0.2, 0.25) is 5.02 Å². The fraction of sp³-hybridized carbons (Fsp3) is 0.732. The molecule has 0 spiro atoms. The van der Waals surface area contributed by atoms with Gasteiger partial charge in [-0.15, -0.1) is 0 Å². The van der Waals surface area contributed by atoms with Crippen molar-refractivity contribution < 1.29 is 52.8 Å². The Morgan fingerprint density at radius 3 is 2.32 bits per heavy atom. The van der Waals surface area contributed by atoms with Crippen LogP contribution in [0, 0.1) is 23.7 Å². The lowest BCUT2D eigenvalue weighted by Crippen LogP contribution is -2.63. The molecule has 73 heavy (non-hydrogen) atoms. The molecule has 1 saturated carbocycles. The van der Waals surface area contributed by atoms with E-state index in [2.05, 4.69) is 26.1 Å². The summed E-state index contributed by atoms with van der Waals surface area (Å²) in [6.45, 7) is 15.5. The highest BCUT2D eigenvalue weighted by atomic mass is 35.5. The van der Waals surface area contributed by atoms with Gasteiger partial charge in [0, 0.05) is 62.3 Å². The van der Waals surface area contributed by atoms with Crippen molar-refractivity contribution in [1.29, 1.82) is 0 Å². The first-order valence-corrected chi connectivity index (χ1v) is 29.3. The molecular weight excluding hydrogens is 990 g/mol. The molecule has 10 atom stereocenters. The maximum atomic E-state index is 14.5. The number of nitrogens with one attached hydrogen (secondary N) is 1. The van der Waals surface area contributed by atoms with E-state index in [-0.39, 0.29) is 40.4 Å². The van der Waals surface area contributed by atoms with Gasteiger partial charge in [-0.2, -0.15) is 0 Å². The van der Waals surface area contributed by atoms with Crippen molar-refractivity contribution in [3.63, 3.8) is 0 Å². The van der Waals surface area contributed by atoms with Crippen molar-refractivity contribution in [2.24, 2.45) is 23.7 Å². The summed E-state index contributed by atoms with van der Waals surface area (Å²) in [5.41, 5.74) is -0.970. The Kier molecular flexibility index (Phi) is 22.5. The highest BCUT2D eigenvalue weighted by Gasteiger charge is 2.64. The molecule has 410 valence electrons. The van der Waals surface area contributed by atoms with Gasteiger partial charge >= 0.3 is 12.1 Å². The van der Waals surface area contributed by atoms with Gasteiger partial charge in [0.1, 0.15) is 46.5 Å². The van der Waals surface area contributed by atoms with Crippen molar-refractivity contribution in [2.45, 2.75) is 205 Å². The Bertz CT molecular complexity index is 2130. The van der Waals surface area contributed by atoms with Crippen molar-refractivity contribution in [1.82, 2.24) is 10.2 Å². The van der Waals surface area contributed by atoms with Crippen LogP contribution in [-0.2, 0) is 44.5 Å². The predicted octanol–water partition coefficient (Wildman–Crippen LogP) is 11.2. The van der Waals surface area contributed by atoms with E-state index in [1.54, 1.807) is 67.7 Å². The Morgan fingerprint density at radius 1 is 1.04 bits per heavy atom. The summed E-state index contributed by atoms with van der Waals surface area (Å²) in [6, 6.07) is 2.59. The number of rotatable bonds is 16. The first kappa shape index (κ1) is 60.6. The minimum Gasteiger partial charge on any atom is -0.495 e. The number of esters is 1. The number of aliphatic hydroxyl groups is 1. The van der Waals surface area contributed by atoms with E-state index in [4.69, 9.17) is 35.3 Å². The summed E-state index contributed by atoms with van der Waals surface area (Å²) < 4.78 is 29.6. The average molecular weight is 1080 g/mol. The Labute approximate surface area is 448 Å². The molecule has 14 nitrogen and oxygen atoms in total. The molecule has 3 heterocycles. The molecule has 2 unspecified atom stereocenters. The summed E-state index contributed by atoms with van der Waals surface area (Å²) in [7, 11) is 9.72. The van der Waals surface area contributed by atoms with Crippen LogP contribution in [0.15, 0.2) is 35.9 Å². The topological polar surface area (TPSA) is 174 Å². The van der Waals surface area contributed by atoms with E-state index in [1.165, 1.54) is 62.5 Å². The van der Waals surface area contributed by atoms with Gasteiger partial charge in [0.15, 0.2) is 5.72 Å². The number of ether oxygens (including phenoxy) is 5. The first-order chi connectivity index (χ1) is 34.5. The van der Waals surface area contributed by atoms with Gasteiger partial charge in [-0.05, 0) is 90.3 Å². The first-order valence-electron chi connectivity index (χ1n) is 26.6. The number of hydrogen-bond donors (Lipinski definition) is 2. The van der Waals surface area contributed by atoms with E-state index >= 15 is 0 Å². The third-order valence-electron chi connectivity index (χ3n) is 16.0. The SMILES string of the molecule is COc1cc2cc(c1Cl)N(C)C(=O)C[C@H](OC(=O)[C@H](C)N(C)C(=O)C(C)CC(C)C(C)(C)SSCCCC(=O)C1CCCCCCCCCC1)[C@@]1(C)O[C@H]1[C@H](C)[C@@H]1C[C@@](O)(NC(=O)O1)[C@H](OC)/C=C/C=C(\C)C2. The van der Waals surface area contributed by atoms with Crippen LogP contribution >= 0.6 is 33.2 Å². The van der Waals surface area contributed by atoms with E-state index in [1.807, 2.05) is 32.9 Å². The molecule has 5 rings (SSSR count). The van der Waals surface area contributed by atoms with Crippen molar-refractivity contribution in [3.05, 3.63) is 46.5 Å². The molecule has 1 aromatic carbocycles. The Balaban J connectivity index is 1.26. The maximum Gasteiger partial charge on any atom is 0.409 e. The number of nitrogens with zero attached hydrogens (tertiary/aromatic N) is 2. The third kappa shape index (κ3) is 16.1. The van der Waals surface area contributed by atoms with Crippen molar-refractivity contribution in [3.8, 4) is 5.75 Å². The van der Waals surface area contributed by atoms with Gasteiger partial charge in [0.25, 0.3) is 0 Å². The van der Waals surface area contributed by atoms with E-state index < -0.39 is 71.6 Å². The van der Waals surface area contributed by atoms with Gasteiger partial charge in [-0.25, -0.2) is 9.59 Å². The molecule has 0 aromatic heterocycles. The van der Waals surface area contributed by atoms with Crippen LogP contribution in [0.25, 0.3) is 0 Å². The number of benzene rings is 1. The molecule has 1 aliphatic carbocycles. The molecule has 3 amide bonds. The second kappa shape index (κ2) is 27.2. The lowest BCUT2D eigenvalue weighted by atomic mass is 9.83. The van der Waals surface area contributed by atoms with Crippen LogP contribution < -0.4 is 15.0 Å². The van der Waals surface area contributed by atoms with Crippen LogP contribution in [0.3, 0.4) is 0 Å². The molecule has 1 aromatic rings. The zero-order valence-electron chi connectivity index (χ0n) is 45.7. The standard InChI is InChI=1S/C56H86ClN3O11S2/c1-35-23-21-27-46(68-12)56(66)34-45(69-53(65)58-56)38(4)50-55(8,71-50)47(33-48(62)60(10)42-31-40(29-35)32-44(67-11)49(42)57)70-52(64)39(5)59(9)51(63)36(2)30-37(3)54(6,7)73-72-28-22-26-43(61)41-24-19-17-15-13-14-16-18-20-25-41/h21,23,27,31-32,36-39,41,45-47,50,66H,13-20,22,24-26,28-30,33-34H2,1-12H3,(H,58,65)/b27-21+,35-23+/t36?,37?,38-,39+,45+,46-,47+,50+,55-,56+/m1/s1. The van der Waals surface area contributed by atoms with E-state index in [9.17, 15) is 29.1 Å². The average Bonchev–Trinajstić information content (AvgIpc) is 4.05. The lowest BCUT2D eigenvalue weighted by Gasteiger charge is -2.42. The summed E-state index contributed by atoms with van der Waals surface area (Å²) >= 11 is 6.86.